The molecule has 0 saturated carbocycles. The zero-order valence-electron chi connectivity index (χ0n) is 11.4. The molecular weight excluding hydrogens is 264 g/mol. The molecule has 1 aromatic carbocycles. The SMILES string of the molecule is NC(/C=C\Nc1cccnc1)=NC(=O)Cc1ccccc1. The van der Waals surface area contributed by atoms with Crippen LogP contribution in [-0.4, -0.2) is 16.7 Å². The maximum absolute atomic E-state index is 11.7. The molecule has 0 spiro atoms. The van der Waals surface area contributed by atoms with E-state index in [0.717, 1.165) is 11.3 Å². The lowest BCUT2D eigenvalue weighted by molar-refractivity contribution is -0.117. The molecule has 0 aliphatic carbocycles. The first kappa shape index (κ1) is 14.5. The van der Waals surface area contributed by atoms with Gasteiger partial charge in [-0.2, -0.15) is 4.99 Å². The molecule has 5 nitrogen and oxygen atoms in total. The first-order valence-corrected chi connectivity index (χ1v) is 6.48. The lowest BCUT2D eigenvalue weighted by atomic mass is 10.1. The van der Waals surface area contributed by atoms with Gasteiger partial charge < -0.3 is 11.1 Å². The van der Waals surface area contributed by atoms with Gasteiger partial charge >= 0.3 is 0 Å². The normalized spacial score (nSPS) is 11.5. The Balaban J connectivity index is 1.87. The summed E-state index contributed by atoms with van der Waals surface area (Å²) in [6.45, 7) is 0. The monoisotopic (exact) mass is 280 g/mol. The summed E-state index contributed by atoms with van der Waals surface area (Å²) in [7, 11) is 0. The molecule has 2 aromatic rings. The minimum Gasteiger partial charge on any atom is -0.384 e. The van der Waals surface area contributed by atoms with Gasteiger partial charge in [0.25, 0.3) is 5.91 Å². The van der Waals surface area contributed by atoms with Crippen LogP contribution in [0.15, 0.2) is 72.1 Å². The number of amidine groups is 1. The van der Waals surface area contributed by atoms with Gasteiger partial charge in [-0.05, 0) is 23.8 Å². The standard InChI is InChI=1S/C16H16N4O/c17-15(8-10-19-14-7-4-9-18-12-14)20-16(21)11-13-5-2-1-3-6-13/h1-10,12,19H,11H2,(H2,17,20,21)/b10-8-. The number of carbonyl (C=O) groups excluding carboxylic acids is 1. The summed E-state index contributed by atoms with van der Waals surface area (Å²) >= 11 is 0. The molecule has 0 saturated heterocycles. The summed E-state index contributed by atoms with van der Waals surface area (Å²) in [6, 6.07) is 13.1. The Hall–Kier alpha value is -2.95. The average Bonchev–Trinajstić information content (AvgIpc) is 2.49. The van der Waals surface area contributed by atoms with Gasteiger partial charge in [-0.25, -0.2) is 0 Å². The highest BCUT2D eigenvalue weighted by Gasteiger charge is 2.01. The van der Waals surface area contributed by atoms with E-state index >= 15 is 0 Å². The van der Waals surface area contributed by atoms with E-state index in [1.807, 2.05) is 42.5 Å². The van der Waals surface area contributed by atoms with Crippen molar-refractivity contribution in [2.45, 2.75) is 6.42 Å². The van der Waals surface area contributed by atoms with Crippen molar-refractivity contribution in [3.05, 3.63) is 72.7 Å². The Bertz CT molecular complexity index is 636. The van der Waals surface area contributed by atoms with Crippen LogP contribution in [0.3, 0.4) is 0 Å². The van der Waals surface area contributed by atoms with E-state index in [4.69, 9.17) is 5.73 Å². The van der Waals surface area contributed by atoms with Crippen LogP contribution < -0.4 is 11.1 Å². The van der Waals surface area contributed by atoms with Gasteiger partial charge in [0.2, 0.25) is 0 Å². The van der Waals surface area contributed by atoms with Crippen molar-refractivity contribution in [2.75, 3.05) is 5.32 Å². The molecule has 2 rings (SSSR count). The summed E-state index contributed by atoms with van der Waals surface area (Å²) < 4.78 is 0. The quantitative estimate of drug-likeness (QED) is 0.649. The van der Waals surface area contributed by atoms with Crippen molar-refractivity contribution in [2.24, 2.45) is 10.7 Å². The van der Waals surface area contributed by atoms with Gasteiger partial charge in [-0.1, -0.05) is 30.3 Å². The second-order valence-corrected chi connectivity index (χ2v) is 4.31. The number of aliphatic imine (C=N–C) groups is 1. The Kier molecular flexibility index (Phi) is 5.23. The Morgan fingerprint density at radius 1 is 1.24 bits per heavy atom. The highest BCUT2D eigenvalue weighted by Crippen LogP contribution is 2.02. The number of hydrogen-bond acceptors (Lipinski definition) is 3. The van der Waals surface area contributed by atoms with E-state index in [9.17, 15) is 4.79 Å². The van der Waals surface area contributed by atoms with Crippen LogP contribution >= 0.6 is 0 Å². The lowest BCUT2D eigenvalue weighted by Crippen LogP contribution is -2.12. The molecule has 0 aliphatic rings. The topological polar surface area (TPSA) is 80.4 Å². The van der Waals surface area contributed by atoms with Gasteiger partial charge in [0.05, 0.1) is 18.3 Å². The number of nitrogens with one attached hydrogen (secondary N) is 1. The molecule has 3 N–H and O–H groups in total. The minimum absolute atomic E-state index is 0.160. The molecule has 21 heavy (non-hydrogen) atoms. The molecule has 5 heteroatoms. The van der Waals surface area contributed by atoms with Gasteiger partial charge in [-0.15, -0.1) is 0 Å². The molecule has 0 fully saturated rings. The van der Waals surface area contributed by atoms with Gasteiger partial charge in [0.1, 0.15) is 5.84 Å². The number of benzene rings is 1. The highest BCUT2D eigenvalue weighted by molar-refractivity contribution is 6.00. The van der Waals surface area contributed by atoms with E-state index in [2.05, 4.69) is 15.3 Å². The molecule has 0 unspecified atom stereocenters. The molecule has 0 atom stereocenters. The van der Waals surface area contributed by atoms with Crippen molar-refractivity contribution >= 4 is 17.4 Å². The molecule has 1 amide bonds. The number of pyridine rings is 1. The largest absolute Gasteiger partial charge is 0.384 e. The van der Waals surface area contributed by atoms with Crippen molar-refractivity contribution in [1.82, 2.24) is 4.98 Å². The number of rotatable bonds is 5. The molecule has 1 heterocycles. The number of nitrogens with two attached hydrogens (primary N) is 1. The third kappa shape index (κ3) is 5.28. The summed E-state index contributed by atoms with van der Waals surface area (Å²) in [5.74, 6) is -0.114. The molecule has 0 radical (unpaired) electrons. The molecular formula is C16H16N4O. The molecule has 0 aliphatic heterocycles. The number of hydrogen-bond donors (Lipinski definition) is 2. The van der Waals surface area contributed by atoms with Crippen LogP contribution in [0.25, 0.3) is 0 Å². The third-order valence-electron chi connectivity index (χ3n) is 2.62. The first-order valence-electron chi connectivity index (χ1n) is 6.48. The van der Waals surface area contributed by atoms with Crippen LogP contribution in [0.1, 0.15) is 5.56 Å². The predicted octanol–water partition coefficient (Wildman–Crippen LogP) is 2.13. The molecule has 1 aromatic heterocycles. The number of carbonyl (C=O) groups is 1. The highest BCUT2D eigenvalue weighted by atomic mass is 16.1. The Labute approximate surface area is 123 Å². The number of anilines is 1. The maximum Gasteiger partial charge on any atom is 0.252 e. The average molecular weight is 280 g/mol. The zero-order chi connectivity index (χ0) is 14.9. The summed E-state index contributed by atoms with van der Waals surface area (Å²) in [5.41, 5.74) is 7.42. The van der Waals surface area contributed by atoms with Gasteiger partial charge in [0, 0.05) is 12.4 Å². The fourth-order valence-corrected chi connectivity index (χ4v) is 1.66. The van der Waals surface area contributed by atoms with Gasteiger partial charge in [-0.3, -0.25) is 9.78 Å². The fraction of sp³-hybridized carbons (Fsp3) is 0.0625. The number of aromatic nitrogens is 1. The van der Waals surface area contributed by atoms with Gasteiger partial charge in [0.15, 0.2) is 0 Å². The van der Waals surface area contributed by atoms with Crippen LogP contribution in [0.2, 0.25) is 0 Å². The van der Waals surface area contributed by atoms with Crippen LogP contribution in [-0.2, 0) is 11.2 Å². The van der Waals surface area contributed by atoms with Crippen molar-refractivity contribution in [3.8, 4) is 0 Å². The first-order chi connectivity index (χ1) is 10.2. The van der Waals surface area contributed by atoms with E-state index in [-0.39, 0.29) is 18.2 Å². The Morgan fingerprint density at radius 2 is 2.05 bits per heavy atom. The fourth-order valence-electron chi connectivity index (χ4n) is 1.66. The van der Waals surface area contributed by atoms with Crippen LogP contribution in [0, 0.1) is 0 Å². The number of nitrogens with zero attached hydrogens (tertiary/aromatic N) is 2. The van der Waals surface area contributed by atoms with Crippen molar-refractivity contribution in [3.63, 3.8) is 0 Å². The predicted molar refractivity (Wildman–Crippen MR) is 83.8 cm³/mol. The van der Waals surface area contributed by atoms with Crippen molar-refractivity contribution < 1.29 is 4.79 Å². The summed E-state index contributed by atoms with van der Waals surface area (Å²) in [6.07, 6.45) is 6.76. The smallest absolute Gasteiger partial charge is 0.252 e. The molecule has 106 valence electrons. The third-order valence-corrected chi connectivity index (χ3v) is 2.62. The molecule has 0 bridgehead atoms. The summed E-state index contributed by atoms with van der Waals surface area (Å²) in [5, 5.41) is 2.98. The van der Waals surface area contributed by atoms with Crippen molar-refractivity contribution in [1.29, 1.82) is 0 Å². The van der Waals surface area contributed by atoms with E-state index in [1.165, 1.54) is 6.08 Å². The zero-order valence-corrected chi connectivity index (χ0v) is 11.4. The van der Waals surface area contributed by atoms with E-state index in [0.29, 0.717) is 0 Å². The summed E-state index contributed by atoms with van der Waals surface area (Å²) in [4.78, 5) is 19.5. The number of amides is 1. The second-order valence-electron chi connectivity index (χ2n) is 4.31. The van der Waals surface area contributed by atoms with E-state index in [1.54, 1.807) is 18.6 Å². The van der Waals surface area contributed by atoms with Crippen LogP contribution in [0.5, 0.6) is 0 Å². The lowest BCUT2D eigenvalue weighted by Gasteiger charge is -1.99. The second kappa shape index (κ2) is 7.59. The minimum atomic E-state index is -0.273. The van der Waals surface area contributed by atoms with Crippen LogP contribution in [0.4, 0.5) is 5.69 Å². The van der Waals surface area contributed by atoms with E-state index < -0.39 is 0 Å². The Morgan fingerprint density at radius 3 is 2.76 bits per heavy atom. The maximum atomic E-state index is 11.7.